The first kappa shape index (κ1) is 23.7. The number of phenols is 1. The number of cyclic esters (lactones) is 1. The van der Waals surface area contributed by atoms with E-state index in [1.807, 2.05) is 6.21 Å². The van der Waals surface area contributed by atoms with Gasteiger partial charge in [-0.05, 0) is 49.8 Å². The molecule has 3 rings (SSSR count). The van der Waals surface area contributed by atoms with Gasteiger partial charge in [-0.15, -0.1) is 0 Å². The van der Waals surface area contributed by atoms with Gasteiger partial charge < -0.3 is 24.8 Å². The van der Waals surface area contributed by atoms with Crippen LogP contribution in [0.3, 0.4) is 0 Å². The van der Waals surface area contributed by atoms with Crippen molar-refractivity contribution < 1.29 is 34.4 Å². The third-order valence-electron chi connectivity index (χ3n) is 5.42. The molecular weight excluding hydrogens is 414 g/mol. The van der Waals surface area contributed by atoms with Crippen LogP contribution < -0.4 is 4.74 Å². The van der Waals surface area contributed by atoms with Crippen molar-refractivity contribution in [2.45, 2.75) is 50.9 Å². The highest BCUT2D eigenvalue weighted by atomic mass is 16.5. The molecule has 8 heteroatoms. The Morgan fingerprint density at radius 1 is 1.16 bits per heavy atom. The Balaban J connectivity index is 1.84. The van der Waals surface area contributed by atoms with Gasteiger partial charge in [-0.25, -0.2) is 4.79 Å². The topological polar surface area (TPSA) is 126 Å². The molecule has 0 fully saturated rings. The number of ketones is 1. The number of carbonyl (C=O) groups excluding carboxylic acids is 2. The summed E-state index contributed by atoms with van der Waals surface area (Å²) in [6.45, 7) is 2.91. The summed E-state index contributed by atoms with van der Waals surface area (Å²) in [7, 11) is 0. The highest BCUT2D eigenvalue weighted by molar-refractivity contribution is 5.97. The van der Waals surface area contributed by atoms with Gasteiger partial charge in [0.15, 0.2) is 5.78 Å². The van der Waals surface area contributed by atoms with Crippen LogP contribution in [-0.4, -0.2) is 64.8 Å². The molecule has 0 saturated carbocycles. The van der Waals surface area contributed by atoms with Crippen LogP contribution in [0.1, 0.15) is 48.5 Å². The summed E-state index contributed by atoms with van der Waals surface area (Å²) in [5, 5.41) is 30.7. The van der Waals surface area contributed by atoms with Crippen molar-refractivity contribution in [2.24, 2.45) is 10.9 Å². The second-order valence-electron chi connectivity index (χ2n) is 8.05. The molecule has 2 heterocycles. The second kappa shape index (κ2) is 11.1. The number of aliphatic imine (C=N–C) groups is 1. The number of phenolic OH excluding ortho intramolecular Hbond substituents is 1. The lowest BCUT2D eigenvalue weighted by Gasteiger charge is -2.17. The predicted molar refractivity (Wildman–Crippen MR) is 119 cm³/mol. The molecule has 1 aromatic carbocycles. The van der Waals surface area contributed by atoms with Gasteiger partial charge in [-0.2, -0.15) is 0 Å². The number of aromatic hydroxyl groups is 1. The zero-order valence-corrected chi connectivity index (χ0v) is 18.0. The summed E-state index contributed by atoms with van der Waals surface area (Å²) in [6.07, 6.45) is 6.18. The molecule has 0 aliphatic carbocycles. The van der Waals surface area contributed by atoms with Crippen molar-refractivity contribution >= 4 is 24.0 Å². The number of hydrogen-bond acceptors (Lipinski definition) is 8. The van der Waals surface area contributed by atoms with Gasteiger partial charge in [0, 0.05) is 25.2 Å². The van der Waals surface area contributed by atoms with Crippen molar-refractivity contribution in [1.29, 1.82) is 0 Å². The zero-order chi connectivity index (χ0) is 23.1. The van der Waals surface area contributed by atoms with Gasteiger partial charge in [0.2, 0.25) is 0 Å². The number of nitrogens with zero attached hydrogens (tertiary/aromatic N) is 1. The molecule has 1 aromatic rings. The number of hydrogen-bond donors (Lipinski definition) is 3. The third-order valence-corrected chi connectivity index (χ3v) is 5.42. The second-order valence-corrected chi connectivity index (χ2v) is 8.05. The van der Waals surface area contributed by atoms with Crippen molar-refractivity contribution in [2.75, 3.05) is 13.2 Å². The van der Waals surface area contributed by atoms with Gasteiger partial charge in [-0.1, -0.05) is 18.2 Å². The van der Waals surface area contributed by atoms with Crippen LogP contribution in [0.2, 0.25) is 0 Å². The maximum atomic E-state index is 12.7. The van der Waals surface area contributed by atoms with Gasteiger partial charge >= 0.3 is 5.97 Å². The quantitative estimate of drug-likeness (QED) is 0.610. The molecule has 0 bridgehead atoms. The Bertz CT molecular complexity index is 921. The molecule has 4 unspecified atom stereocenters. The molecule has 2 aliphatic rings. The minimum Gasteiger partial charge on any atom is -0.507 e. The lowest BCUT2D eigenvalue weighted by molar-refractivity contribution is -0.127. The van der Waals surface area contributed by atoms with Gasteiger partial charge in [0.05, 0.1) is 12.7 Å². The molecule has 0 aromatic heterocycles. The molecule has 0 saturated heterocycles. The maximum Gasteiger partial charge on any atom is 0.342 e. The van der Waals surface area contributed by atoms with E-state index in [-0.39, 0.29) is 24.2 Å². The van der Waals surface area contributed by atoms with Crippen molar-refractivity contribution in [1.82, 2.24) is 0 Å². The maximum absolute atomic E-state index is 12.7. The van der Waals surface area contributed by atoms with E-state index in [2.05, 4.69) is 4.99 Å². The number of rotatable bonds is 4. The minimum atomic E-state index is -1.56. The molecule has 0 spiro atoms. The molecular formula is C24H29NO7. The Kier molecular flexibility index (Phi) is 8.19. The summed E-state index contributed by atoms with van der Waals surface area (Å²) in [6, 6.07) is 2.99. The SMILES string of the molecule is CC1C/C=C\C(=O)C(O)C(O)C/C=C/c2cc(OCCC3C=NCC3)cc(O)c2C(=O)O1. The van der Waals surface area contributed by atoms with Gasteiger partial charge in [-0.3, -0.25) is 9.79 Å². The number of carbonyl (C=O) groups is 2. The summed E-state index contributed by atoms with van der Waals surface area (Å²) < 4.78 is 11.2. The summed E-state index contributed by atoms with van der Waals surface area (Å²) in [5.74, 6) is -0.841. The number of aliphatic hydroxyl groups is 2. The van der Waals surface area contributed by atoms with Crippen molar-refractivity contribution in [3.8, 4) is 11.5 Å². The lowest BCUT2D eigenvalue weighted by Crippen LogP contribution is -2.32. The van der Waals surface area contributed by atoms with Crippen LogP contribution in [0.25, 0.3) is 6.08 Å². The fraction of sp³-hybridized carbons (Fsp3) is 0.458. The van der Waals surface area contributed by atoms with E-state index in [1.54, 1.807) is 13.0 Å². The summed E-state index contributed by atoms with van der Waals surface area (Å²) >= 11 is 0. The fourth-order valence-electron chi connectivity index (χ4n) is 3.56. The number of benzene rings is 1. The first-order valence-corrected chi connectivity index (χ1v) is 10.8. The monoisotopic (exact) mass is 443 g/mol. The predicted octanol–water partition coefficient (Wildman–Crippen LogP) is 2.45. The highest BCUT2D eigenvalue weighted by Crippen LogP contribution is 2.31. The third kappa shape index (κ3) is 6.27. The smallest absolute Gasteiger partial charge is 0.342 e. The number of esters is 1. The first-order chi connectivity index (χ1) is 15.3. The van der Waals surface area contributed by atoms with Crippen molar-refractivity contribution in [3.63, 3.8) is 0 Å². The highest BCUT2D eigenvalue weighted by Gasteiger charge is 2.23. The standard InChI is InChI=1S/C24H29NO7/c1-15-4-2-6-19(26)23(29)20(27)7-3-5-17-12-18(13-21(28)22(17)24(30)32-15)31-11-9-16-8-10-25-14-16/h2-3,5-6,12-16,20,23,27-29H,4,7-11H2,1H3/b5-3+,6-2-. The van der Waals surface area contributed by atoms with E-state index < -0.39 is 30.1 Å². The number of aliphatic hydroxyl groups excluding tert-OH is 2. The summed E-state index contributed by atoms with van der Waals surface area (Å²) in [5.41, 5.74) is 0.329. The van der Waals surface area contributed by atoms with E-state index in [4.69, 9.17) is 9.47 Å². The average molecular weight is 443 g/mol. The van der Waals surface area contributed by atoms with E-state index in [1.165, 1.54) is 30.4 Å². The van der Waals surface area contributed by atoms with Gasteiger partial charge in [0.25, 0.3) is 0 Å². The van der Waals surface area contributed by atoms with Crippen LogP contribution in [0.15, 0.2) is 35.4 Å². The zero-order valence-electron chi connectivity index (χ0n) is 18.0. The van der Waals surface area contributed by atoms with Crippen LogP contribution in [0, 0.1) is 5.92 Å². The van der Waals surface area contributed by atoms with Crippen LogP contribution >= 0.6 is 0 Å². The molecule has 172 valence electrons. The molecule has 0 amide bonds. The normalized spacial score (nSPS) is 28.5. The molecule has 4 atom stereocenters. The van der Waals surface area contributed by atoms with Crippen LogP contribution in [-0.2, 0) is 9.53 Å². The Morgan fingerprint density at radius 2 is 1.94 bits per heavy atom. The Morgan fingerprint density at radius 3 is 2.69 bits per heavy atom. The van der Waals surface area contributed by atoms with E-state index in [0.29, 0.717) is 23.8 Å². The molecule has 8 nitrogen and oxygen atoms in total. The van der Waals surface area contributed by atoms with Crippen LogP contribution in [0.5, 0.6) is 11.5 Å². The summed E-state index contributed by atoms with van der Waals surface area (Å²) in [4.78, 5) is 28.9. The van der Waals surface area contributed by atoms with Crippen molar-refractivity contribution in [3.05, 3.63) is 41.5 Å². The first-order valence-electron chi connectivity index (χ1n) is 10.8. The van der Waals surface area contributed by atoms with Crippen LogP contribution in [0.4, 0.5) is 0 Å². The largest absolute Gasteiger partial charge is 0.507 e. The number of fused-ring (bicyclic) bond motifs is 1. The number of ether oxygens (including phenoxy) is 2. The molecule has 32 heavy (non-hydrogen) atoms. The lowest BCUT2D eigenvalue weighted by atomic mass is 10.0. The van der Waals surface area contributed by atoms with Gasteiger partial charge in [0.1, 0.15) is 29.3 Å². The molecule has 3 N–H and O–H groups in total. The Hall–Kier alpha value is -2.97. The van der Waals surface area contributed by atoms with E-state index >= 15 is 0 Å². The molecule has 0 radical (unpaired) electrons. The van der Waals surface area contributed by atoms with E-state index in [9.17, 15) is 24.9 Å². The molecule has 2 aliphatic heterocycles. The van der Waals surface area contributed by atoms with E-state index in [0.717, 1.165) is 19.4 Å². The Labute approximate surface area is 186 Å². The average Bonchev–Trinajstić information content (AvgIpc) is 3.25. The minimum absolute atomic E-state index is 0.0180. The fourth-order valence-corrected chi connectivity index (χ4v) is 3.56.